The van der Waals surface area contributed by atoms with Gasteiger partial charge in [0, 0.05) is 38.3 Å². The molecule has 1 aliphatic heterocycles. The molecule has 1 fully saturated rings. The van der Waals surface area contributed by atoms with Crippen molar-refractivity contribution in [3.05, 3.63) is 19.6 Å². The predicted octanol–water partition coefficient (Wildman–Crippen LogP) is 2.86. The van der Waals surface area contributed by atoms with E-state index in [0.29, 0.717) is 11.7 Å². The zero-order valence-electron chi connectivity index (χ0n) is 8.79. The van der Waals surface area contributed by atoms with E-state index in [1.54, 1.807) is 6.92 Å². The van der Waals surface area contributed by atoms with Gasteiger partial charge < -0.3 is 16.9 Å². The van der Waals surface area contributed by atoms with Crippen molar-refractivity contribution in [2.24, 2.45) is 0 Å². The van der Waals surface area contributed by atoms with Crippen LogP contribution in [0.3, 0.4) is 0 Å². The van der Waals surface area contributed by atoms with Crippen molar-refractivity contribution in [1.29, 1.82) is 0 Å². The van der Waals surface area contributed by atoms with Crippen LogP contribution < -0.4 is 0 Å². The van der Waals surface area contributed by atoms with Crippen LogP contribution >= 0.6 is 0 Å². The molecule has 1 saturated heterocycles. The maximum atomic E-state index is 10.2. The average molecular weight is 294 g/mol. The molecular formula is C11H25O3Y-. The molecule has 15 heavy (non-hydrogen) atoms. The SMILES string of the molecule is C.C.C=C(C)C(=O)OC.CC1CO1.[CH3-].[Y]. The molecule has 0 aromatic carbocycles. The number of carbonyl (C=O) groups excluding carboxylic acids is 1. The van der Waals surface area contributed by atoms with Crippen LogP contribution in [0, 0.1) is 7.43 Å². The van der Waals surface area contributed by atoms with E-state index in [9.17, 15) is 4.79 Å². The van der Waals surface area contributed by atoms with Crippen LogP contribution in [0.4, 0.5) is 0 Å². The second-order valence-corrected chi connectivity index (χ2v) is 2.42. The van der Waals surface area contributed by atoms with Gasteiger partial charge in [0.1, 0.15) is 0 Å². The van der Waals surface area contributed by atoms with Gasteiger partial charge in [0.15, 0.2) is 0 Å². The fourth-order valence-corrected chi connectivity index (χ4v) is 0.270. The largest absolute Gasteiger partial charge is 0.466 e. The van der Waals surface area contributed by atoms with E-state index in [0.717, 1.165) is 6.61 Å². The maximum Gasteiger partial charge on any atom is 0.332 e. The van der Waals surface area contributed by atoms with Gasteiger partial charge in [-0.15, -0.1) is 0 Å². The fourth-order valence-electron chi connectivity index (χ4n) is 0.270. The summed E-state index contributed by atoms with van der Waals surface area (Å²) in [5, 5.41) is 0. The van der Waals surface area contributed by atoms with Crippen molar-refractivity contribution < 1.29 is 47.0 Å². The number of epoxide rings is 1. The van der Waals surface area contributed by atoms with Gasteiger partial charge in [0.2, 0.25) is 0 Å². The number of ether oxygens (including phenoxy) is 2. The Morgan fingerprint density at radius 3 is 1.73 bits per heavy atom. The van der Waals surface area contributed by atoms with Crippen LogP contribution in [0.2, 0.25) is 0 Å². The minimum absolute atomic E-state index is 0. The third kappa shape index (κ3) is 25.0. The molecule has 0 aromatic rings. The van der Waals surface area contributed by atoms with Gasteiger partial charge >= 0.3 is 5.97 Å². The van der Waals surface area contributed by atoms with Gasteiger partial charge in [-0.3, -0.25) is 0 Å². The van der Waals surface area contributed by atoms with Gasteiger partial charge in [-0.05, 0) is 13.8 Å². The van der Waals surface area contributed by atoms with E-state index in [2.05, 4.69) is 18.2 Å². The van der Waals surface area contributed by atoms with Gasteiger partial charge in [-0.25, -0.2) is 4.79 Å². The summed E-state index contributed by atoms with van der Waals surface area (Å²) >= 11 is 0. The summed E-state index contributed by atoms with van der Waals surface area (Å²) in [5.41, 5.74) is 0.433. The zero-order chi connectivity index (χ0) is 8.85. The zero-order valence-corrected chi connectivity index (χ0v) is 11.6. The van der Waals surface area contributed by atoms with Gasteiger partial charge in [-0.1, -0.05) is 21.4 Å². The van der Waals surface area contributed by atoms with Crippen LogP contribution in [-0.2, 0) is 47.0 Å². The summed E-state index contributed by atoms with van der Waals surface area (Å²) in [4.78, 5) is 10.2. The molecule has 1 radical (unpaired) electrons. The van der Waals surface area contributed by atoms with Crippen LogP contribution in [0.1, 0.15) is 28.7 Å². The van der Waals surface area contributed by atoms with Crippen LogP contribution in [0.5, 0.6) is 0 Å². The Labute approximate surface area is 120 Å². The molecule has 0 bridgehead atoms. The summed E-state index contributed by atoms with van der Waals surface area (Å²) in [7, 11) is 1.33. The Morgan fingerprint density at radius 2 is 1.73 bits per heavy atom. The number of carbonyl (C=O) groups is 1. The summed E-state index contributed by atoms with van der Waals surface area (Å²) in [6.07, 6.45) is 0.583. The Hall–Kier alpha value is 0.274. The third-order valence-electron chi connectivity index (χ3n) is 1.03. The first-order valence-electron chi connectivity index (χ1n) is 3.43. The summed E-state index contributed by atoms with van der Waals surface area (Å²) in [6.45, 7) is 8.00. The topological polar surface area (TPSA) is 38.8 Å². The van der Waals surface area contributed by atoms with E-state index in [1.807, 2.05) is 0 Å². The molecule has 3 nitrogen and oxygen atoms in total. The molecule has 1 heterocycles. The average Bonchev–Trinajstić information content (AvgIpc) is 2.71. The molecule has 0 saturated carbocycles. The van der Waals surface area contributed by atoms with Crippen molar-refractivity contribution >= 4 is 5.97 Å². The van der Waals surface area contributed by atoms with Crippen molar-refractivity contribution in [2.75, 3.05) is 13.7 Å². The van der Waals surface area contributed by atoms with Crippen molar-refractivity contribution in [3.8, 4) is 0 Å². The normalized spacial score (nSPS) is 14.2. The third-order valence-corrected chi connectivity index (χ3v) is 1.03. The molecule has 4 heteroatoms. The second-order valence-electron chi connectivity index (χ2n) is 2.42. The molecule has 1 rings (SSSR count). The van der Waals surface area contributed by atoms with E-state index >= 15 is 0 Å². The van der Waals surface area contributed by atoms with Gasteiger partial charge in [0.25, 0.3) is 0 Å². The van der Waals surface area contributed by atoms with E-state index in [1.165, 1.54) is 7.11 Å². The number of methoxy groups -OCH3 is 1. The first-order chi connectivity index (χ1) is 5.07. The van der Waals surface area contributed by atoms with Crippen LogP contribution in [0.15, 0.2) is 12.2 Å². The number of esters is 1. The Kier molecular flexibility index (Phi) is 32.8. The molecule has 0 aliphatic carbocycles. The Balaban J connectivity index is -0.0000000371. The van der Waals surface area contributed by atoms with Gasteiger partial charge in [0.05, 0.1) is 19.8 Å². The minimum Gasteiger partial charge on any atom is -0.466 e. The first-order valence-corrected chi connectivity index (χ1v) is 3.43. The summed E-state index contributed by atoms with van der Waals surface area (Å²) < 4.78 is 8.98. The molecule has 1 aliphatic rings. The van der Waals surface area contributed by atoms with Crippen LogP contribution in [0.25, 0.3) is 0 Å². The van der Waals surface area contributed by atoms with Gasteiger partial charge in [-0.2, -0.15) is 0 Å². The second kappa shape index (κ2) is 16.7. The molecule has 0 N–H and O–H groups in total. The summed E-state index contributed by atoms with van der Waals surface area (Å²) in [6, 6.07) is 0. The number of hydrogen-bond acceptors (Lipinski definition) is 3. The van der Waals surface area contributed by atoms with Crippen LogP contribution in [-0.4, -0.2) is 25.8 Å². The molecule has 1 atom stereocenters. The molecule has 0 spiro atoms. The summed E-state index contributed by atoms with van der Waals surface area (Å²) in [5.74, 6) is -0.347. The molecule has 0 aromatic heterocycles. The molecule has 1 unspecified atom stereocenters. The minimum atomic E-state index is -0.347. The Morgan fingerprint density at radius 1 is 1.47 bits per heavy atom. The van der Waals surface area contributed by atoms with Crippen molar-refractivity contribution in [3.63, 3.8) is 0 Å². The molecule has 91 valence electrons. The van der Waals surface area contributed by atoms with Crippen molar-refractivity contribution in [1.82, 2.24) is 0 Å². The fraction of sp³-hybridized carbons (Fsp3) is 0.636. The standard InChI is InChI=1S/C5H8O2.C3H6O.2CH4.CH3.Y/c1-4(2)5(6)7-3;1-3-2-4-3;;;;/h1H2,2-3H3;3H,2H2,1H3;2*1H4;1H3;/q;;;;-1;. The van der Waals surface area contributed by atoms with E-state index in [4.69, 9.17) is 4.74 Å². The molecule has 0 amide bonds. The number of rotatable bonds is 1. The number of hydrogen-bond donors (Lipinski definition) is 0. The first kappa shape index (κ1) is 29.5. The quantitative estimate of drug-likeness (QED) is 0.323. The van der Waals surface area contributed by atoms with E-state index in [-0.39, 0.29) is 61.0 Å². The maximum absolute atomic E-state index is 10.2. The Bertz CT molecular complexity index is 154. The van der Waals surface area contributed by atoms with E-state index < -0.39 is 0 Å². The monoisotopic (exact) mass is 294 g/mol. The predicted molar refractivity (Wildman–Crippen MR) is 62.1 cm³/mol. The van der Waals surface area contributed by atoms with Crippen molar-refractivity contribution in [2.45, 2.75) is 34.8 Å². The smallest absolute Gasteiger partial charge is 0.332 e. The molecular weight excluding hydrogens is 269 g/mol.